The number of nitrogens with zero attached hydrogens (tertiary/aromatic N) is 2. The molecular formula is C44H72N2S2. The van der Waals surface area contributed by atoms with E-state index in [9.17, 15) is 0 Å². The highest BCUT2D eigenvalue weighted by molar-refractivity contribution is 8.00. The summed E-state index contributed by atoms with van der Waals surface area (Å²) in [5.41, 5.74) is 0. The summed E-state index contributed by atoms with van der Waals surface area (Å²) in [6.45, 7) is 0. The summed E-state index contributed by atoms with van der Waals surface area (Å²) >= 11 is 4.83. The second-order valence-corrected chi connectivity index (χ2v) is 22.3. The zero-order chi connectivity index (χ0) is 31.6. The van der Waals surface area contributed by atoms with Crippen LogP contribution >= 0.6 is 23.5 Å². The van der Waals surface area contributed by atoms with E-state index < -0.39 is 0 Å². The van der Waals surface area contributed by atoms with E-state index in [0.29, 0.717) is 0 Å². The highest BCUT2D eigenvalue weighted by Gasteiger charge is 2.59. The van der Waals surface area contributed by atoms with Crippen molar-refractivity contribution in [1.82, 2.24) is 9.80 Å². The van der Waals surface area contributed by atoms with Crippen LogP contribution in [0, 0.1) is 59.2 Å². The first kappa shape index (κ1) is 33.2. The Balaban J connectivity index is 0.960. The normalized spacial score (nSPS) is 52.1. The number of hydrogen-bond acceptors (Lipinski definition) is 4. The molecule has 8 aliphatic carbocycles. The van der Waals surface area contributed by atoms with Crippen molar-refractivity contribution < 1.29 is 0 Å². The molecule has 2 aliphatic heterocycles. The quantitative estimate of drug-likeness (QED) is 0.273. The molecule has 4 heteroatoms. The first-order valence-corrected chi connectivity index (χ1v) is 24.7. The minimum Gasteiger partial charge on any atom is -0.285 e. The van der Waals surface area contributed by atoms with Gasteiger partial charge in [-0.2, -0.15) is 0 Å². The van der Waals surface area contributed by atoms with Gasteiger partial charge in [0.15, 0.2) is 0 Å². The van der Waals surface area contributed by atoms with Gasteiger partial charge in [-0.3, -0.25) is 9.80 Å². The van der Waals surface area contributed by atoms with Gasteiger partial charge in [0.05, 0.1) is 10.7 Å². The summed E-state index contributed by atoms with van der Waals surface area (Å²) in [5.74, 6) is 13.5. The molecule has 0 bridgehead atoms. The van der Waals surface area contributed by atoms with Crippen molar-refractivity contribution in [2.75, 3.05) is 11.5 Å². The molecule has 16 unspecified atom stereocenters. The van der Waals surface area contributed by atoms with Crippen LogP contribution in [-0.2, 0) is 0 Å². The molecule has 2 heterocycles. The Kier molecular flexibility index (Phi) is 10.00. The lowest BCUT2D eigenvalue weighted by molar-refractivity contribution is -0.148. The van der Waals surface area contributed by atoms with Gasteiger partial charge in [0.25, 0.3) is 0 Å². The van der Waals surface area contributed by atoms with E-state index in [1.165, 1.54) is 75.7 Å². The van der Waals surface area contributed by atoms with E-state index in [1.54, 1.807) is 103 Å². The van der Waals surface area contributed by atoms with Gasteiger partial charge in [0, 0.05) is 24.2 Å². The fraction of sp³-hybridized carbons (Fsp3) is 1.00. The zero-order valence-electron chi connectivity index (χ0n) is 30.7. The van der Waals surface area contributed by atoms with Crippen molar-refractivity contribution >= 4 is 23.5 Å². The van der Waals surface area contributed by atoms with Crippen molar-refractivity contribution in [3.05, 3.63) is 0 Å². The van der Waals surface area contributed by atoms with Crippen LogP contribution in [0.3, 0.4) is 0 Å². The largest absolute Gasteiger partial charge is 0.285 e. The molecule has 0 N–H and O–H groups in total. The molecule has 0 aromatic carbocycles. The highest BCUT2D eigenvalue weighted by atomic mass is 32.2. The second-order valence-electron chi connectivity index (χ2n) is 19.7. The molecule has 0 amide bonds. The summed E-state index contributed by atoms with van der Waals surface area (Å²) in [6, 6.07) is 3.72. The molecule has 2 nitrogen and oxygen atoms in total. The Labute approximate surface area is 304 Å². The van der Waals surface area contributed by atoms with Crippen LogP contribution in [0.1, 0.15) is 167 Å². The van der Waals surface area contributed by atoms with Crippen LogP contribution in [0.25, 0.3) is 0 Å². The Morgan fingerprint density at radius 3 is 1.17 bits per heavy atom. The summed E-state index contributed by atoms with van der Waals surface area (Å²) in [5, 5.41) is 1.72. The molecule has 8 saturated carbocycles. The molecule has 270 valence electrons. The lowest BCUT2D eigenvalue weighted by Crippen LogP contribution is -2.65. The summed E-state index contributed by atoms with van der Waals surface area (Å²) in [7, 11) is 0. The monoisotopic (exact) mass is 693 g/mol. The third-order valence-corrected chi connectivity index (χ3v) is 20.8. The van der Waals surface area contributed by atoms with E-state index in [-0.39, 0.29) is 0 Å². The number of rotatable bonds is 6. The Bertz CT molecular complexity index is 998. The Morgan fingerprint density at radius 2 is 0.708 bits per heavy atom. The SMILES string of the molecule is C1CCC2C(C1)CCCC2N(C1CCCS1)C1CCC2CCC3C4C(CCC1C24)CCC3N(C1CCCS1)C1CCCC2CCCCC21. The third kappa shape index (κ3) is 5.86. The first-order valence-electron chi connectivity index (χ1n) is 22.6. The smallest absolute Gasteiger partial charge is 0.0562 e. The molecule has 0 aromatic rings. The fourth-order valence-electron chi connectivity index (χ4n) is 16.5. The zero-order valence-corrected chi connectivity index (χ0v) is 32.4. The fourth-order valence-corrected chi connectivity index (χ4v) is 19.3. The van der Waals surface area contributed by atoms with Crippen molar-refractivity contribution in [3.8, 4) is 0 Å². The molecule has 0 aromatic heterocycles. The van der Waals surface area contributed by atoms with Crippen LogP contribution < -0.4 is 0 Å². The van der Waals surface area contributed by atoms with E-state index in [0.717, 1.165) is 94.1 Å². The summed E-state index contributed by atoms with van der Waals surface area (Å²) in [6.07, 6.45) is 40.4. The third-order valence-electron chi connectivity index (χ3n) is 18.0. The number of fused-ring (bicyclic) bond motifs is 2. The van der Waals surface area contributed by atoms with Crippen LogP contribution in [0.4, 0.5) is 0 Å². The highest BCUT2D eigenvalue weighted by Crippen LogP contribution is 2.63. The molecular weight excluding hydrogens is 621 g/mol. The molecule has 10 aliphatic rings. The van der Waals surface area contributed by atoms with Gasteiger partial charge in [-0.05, 0) is 173 Å². The van der Waals surface area contributed by atoms with E-state index in [4.69, 9.17) is 0 Å². The number of thioether (sulfide) groups is 2. The molecule has 48 heavy (non-hydrogen) atoms. The maximum absolute atomic E-state index is 3.41. The minimum atomic E-state index is 0.859. The van der Waals surface area contributed by atoms with Crippen molar-refractivity contribution in [2.45, 2.75) is 202 Å². The van der Waals surface area contributed by atoms with E-state index in [1.807, 2.05) is 0 Å². The van der Waals surface area contributed by atoms with Gasteiger partial charge < -0.3 is 0 Å². The average Bonchev–Trinajstić information content (AvgIpc) is 3.88. The molecule has 10 rings (SSSR count). The van der Waals surface area contributed by atoms with Gasteiger partial charge in [0.2, 0.25) is 0 Å². The van der Waals surface area contributed by atoms with Gasteiger partial charge in [-0.25, -0.2) is 0 Å². The predicted molar refractivity (Wildman–Crippen MR) is 206 cm³/mol. The van der Waals surface area contributed by atoms with Crippen LogP contribution in [0.5, 0.6) is 0 Å². The maximum atomic E-state index is 3.41. The average molecular weight is 693 g/mol. The molecule has 0 radical (unpaired) electrons. The lowest BCUT2D eigenvalue weighted by atomic mass is 9.46. The van der Waals surface area contributed by atoms with Crippen molar-refractivity contribution in [3.63, 3.8) is 0 Å². The van der Waals surface area contributed by atoms with Crippen molar-refractivity contribution in [2.24, 2.45) is 59.2 Å². The second kappa shape index (κ2) is 14.5. The maximum Gasteiger partial charge on any atom is 0.0562 e. The van der Waals surface area contributed by atoms with Gasteiger partial charge in [-0.1, -0.05) is 64.2 Å². The topological polar surface area (TPSA) is 6.48 Å². The van der Waals surface area contributed by atoms with Crippen LogP contribution in [0.15, 0.2) is 0 Å². The van der Waals surface area contributed by atoms with Gasteiger partial charge in [0.1, 0.15) is 0 Å². The Morgan fingerprint density at radius 1 is 0.292 bits per heavy atom. The molecule has 10 fully saturated rings. The molecule has 2 saturated heterocycles. The standard InChI is InChI=1S/C44H72N2S2/c1-3-13-33-29(9-1)11-5-15-37(33)45(41-17-7-27-47-41)39-25-21-31-20-24-36-40(26-22-32-19-23-35(39)43(31)44(32)36)46(42-18-8-28-48-42)38-16-6-12-30-10-2-4-14-34(30)38/h29-44H,1-28H2. The van der Waals surface area contributed by atoms with Crippen molar-refractivity contribution in [1.29, 1.82) is 0 Å². The molecule has 16 atom stereocenters. The van der Waals surface area contributed by atoms with Gasteiger partial charge >= 0.3 is 0 Å². The minimum absolute atomic E-state index is 0.859. The van der Waals surface area contributed by atoms with E-state index >= 15 is 0 Å². The first-order chi connectivity index (χ1) is 23.8. The van der Waals surface area contributed by atoms with Gasteiger partial charge in [-0.15, -0.1) is 23.5 Å². The van der Waals surface area contributed by atoms with Crippen LogP contribution in [0.2, 0.25) is 0 Å². The Hall–Kier alpha value is 0.620. The van der Waals surface area contributed by atoms with Crippen LogP contribution in [-0.4, -0.2) is 56.2 Å². The predicted octanol–water partition coefficient (Wildman–Crippen LogP) is 11.6. The van der Waals surface area contributed by atoms with E-state index in [2.05, 4.69) is 33.3 Å². The summed E-state index contributed by atoms with van der Waals surface area (Å²) in [4.78, 5) is 6.83. The molecule has 0 spiro atoms. The lowest BCUT2D eigenvalue weighted by Gasteiger charge is -2.65. The number of hydrogen-bond donors (Lipinski definition) is 0. The summed E-state index contributed by atoms with van der Waals surface area (Å²) < 4.78 is 0.